The summed E-state index contributed by atoms with van der Waals surface area (Å²) in [5.74, 6) is 0.258. The van der Waals surface area contributed by atoms with Crippen LogP contribution in [0.15, 0.2) is 36.4 Å². The molecule has 3 rings (SSSR count). The molecule has 0 atom stereocenters. The summed E-state index contributed by atoms with van der Waals surface area (Å²) in [5.41, 5.74) is 5.48. The van der Waals surface area contributed by atoms with E-state index in [0.717, 1.165) is 37.2 Å². The molecule has 0 radical (unpaired) electrons. The van der Waals surface area contributed by atoms with Crippen LogP contribution in [-0.2, 0) is 26.1 Å². The van der Waals surface area contributed by atoms with Crippen LogP contribution in [0.3, 0.4) is 0 Å². The fraction of sp³-hybridized carbons (Fsp3) is 0.409. The summed E-state index contributed by atoms with van der Waals surface area (Å²) in [7, 11) is 2.10. The van der Waals surface area contributed by atoms with Gasteiger partial charge in [0.2, 0.25) is 0 Å². The van der Waals surface area contributed by atoms with Crippen molar-refractivity contribution in [3.63, 3.8) is 0 Å². The number of alkyl halides is 1. The minimum absolute atomic E-state index is 0. The third-order valence-corrected chi connectivity index (χ3v) is 4.91. The molecule has 0 saturated carbocycles. The van der Waals surface area contributed by atoms with Gasteiger partial charge < -0.3 is 10.2 Å². The van der Waals surface area contributed by atoms with Crippen molar-refractivity contribution in [2.24, 2.45) is 5.92 Å². The summed E-state index contributed by atoms with van der Waals surface area (Å²) < 4.78 is 13.4. The molecule has 0 saturated heterocycles. The Balaban J connectivity index is 0.00000261. The Morgan fingerprint density at radius 2 is 1.93 bits per heavy atom. The van der Waals surface area contributed by atoms with Gasteiger partial charge in [-0.2, -0.15) is 0 Å². The molecule has 1 aliphatic heterocycles. The fourth-order valence-corrected chi connectivity index (χ4v) is 3.51. The van der Waals surface area contributed by atoms with Crippen molar-refractivity contribution < 1.29 is 9.18 Å². The van der Waals surface area contributed by atoms with Gasteiger partial charge in [-0.1, -0.05) is 26.0 Å². The standard InChI is InChI=1S/C22H27FN2O.ClH/c1-15(2)10-17-4-5-18(11-19(17)13-23)22(26)24-21-7-6-16-8-9-25(3)14-20(16)12-21;/h4-7,11-12,15H,8-10,13-14H2,1-3H3,(H,24,26);1H. The summed E-state index contributed by atoms with van der Waals surface area (Å²) >= 11 is 0. The number of carbonyl (C=O) groups is 1. The van der Waals surface area contributed by atoms with Crippen LogP contribution < -0.4 is 5.32 Å². The smallest absolute Gasteiger partial charge is 0.255 e. The van der Waals surface area contributed by atoms with Crippen LogP contribution in [0.2, 0.25) is 0 Å². The molecule has 2 aromatic carbocycles. The first-order valence-corrected chi connectivity index (χ1v) is 9.25. The third-order valence-electron chi connectivity index (χ3n) is 4.91. The van der Waals surface area contributed by atoms with E-state index in [0.29, 0.717) is 17.0 Å². The lowest BCUT2D eigenvalue weighted by Crippen LogP contribution is -2.26. The predicted octanol–water partition coefficient (Wildman–Crippen LogP) is 5.02. The van der Waals surface area contributed by atoms with Gasteiger partial charge in [0.05, 0.1) is 0 Å². The van der Waals surface area contributed by atoms with Gasteiger partial charge in [0, 0.05) is 24.3 Å². The maximum atomic E-state index is 13.4. The second-order valence-corrected chi connectivity index (χ2v) is 7.64. The van der Waals surface area contributed by atoms with E-state index in [-0.39, 0.29) is 18.3 Å². The molecule has 1 heterocycles. The molecule has 0 spiro atoms. The number of carbonyl (C=O) groups excluding carboxylic acids is 1. The molecule has 146 valence electrons. The molecule has 0 unspecified atom stereocenters. The highest BCUT2D eigenvalue weighted by atomic mass is 35.5. The number of halogens is 2. The van der Waals surface area contributed by atoms with Crippen molar-refractivity contribution in [2.45, 2.75) is 39.9 Å². The Morgan fingerprint density at radius 3 is 2.63 bits per heavy atom. The van der Waals surface area contributed by atoms with Crippen molar-refractivity contribution in [3.8, 4) is 0 Å². The van der Waals surface area contributed by atoms with Gasteiger partial charge in [-0.25, -0.2) is 4.39 Å². The number of fused-ring (bicyclic) bond motifs is 1. The summed E-state index contributed by atoms with van der Waals surface area (Å²) in [6, 6.07) is 11.4. The van der Waals surface area contributed by atoms with E-state index in [1.165, 1.54) is 11.1 Å². The van der Waals surface area contributed by atoms with E-state index in [4.69, 9.17) is 0 Å². The highest BCUT2D eigenvalue weighted by molar-refractivity contribution is 6.04. The molecule has 3 nitrogen and oxygen atoms in total. The molecule has 1 aliphatic rings. The third kappa shape index (κ3) is 5.30. The molecule has 1 amide bonds. The molecular weight excluding hydrogens is 363 g/mol. The van der Waals surface area contributed by atoms with Crippen molar-refractivity contribution in [3.05, 3.63) is 64.2 Å². The monoisotopic (exact) mass is 390 g/mol. The van der Waals surface area contributed by atoms with Crippen LogP contribution in [-0.4, -0.2) is 24.4 Å². The van der Waals surface area contributed by atoms with Crippen LogP contribution in [0.5, 0.6) is 0 Å². The van der Waals surface area contributed by atoms with Gasteiger partial charge in [0.25, 0.3) is 5.91 Å². The van der Waals surface area contributed by atoms with E-state index < -0.39 is 6.67 Å². The number of anilines is 1. The van der Waals surface area contributed by atoms with Crippen LogP contribution in [0.1, 0.15) is 46.5 Å². The zero-order chi connectivity index (χ0) is 18.7. The number of hydrogen-bond donors (Lipinski definition) is 1. The Bertz CT molecular complexity index is 807. The maximum Gasteiger partial charge on any atom is 0.255 e. The van der Waals surface area contributed by atoms with E-state index in [9.17, 15) is 9.18 Å². The molecule has 1 N–H and O–H groups in total. The largest absolute Gasteiger partial charge is 0.322 e. The Morgan fingerprint density at radius 1 is 1.15 bits per heavy atom. The zero-order valence-electron chi connectivity index (χ0n) is 16.2. The van der Waals surface area contributed by atoms with Crippen molar-refractivity contribution in [1.82, 2.24) is 4.90 Å². The van der Waals surface area contributed by atoms with Gasteiger partial charge in [-0.3, -0.25) is 4.79 Å². The molecular formula is C22H28ClFN2O. The maximum absolute atomic E-state index is 13.4. The van der Waals surface area contributed by atoms with E-state index in [1.807, 2.05) is 18.2 Å². The quantitative estimate of drug-likeness (QED) is 0.777. The van der Waals surface area contributed by atoms with E-state index >= 15 is 0 Å². The fourth-order valence-electron chi connectivity index (χ4n) is 3.51. The minimum Gasteiger partial charge on any atom is -0.322 e. The average molecular weight is 391 g/mol. The Kier molecular flexibility index (Phi) is 7.40. The zero-order valence-corrected chi connectivity index (χ0v) is 17.0. The summed E-state index contributed by atoms with van der Waals surface area (Å²) in [5, 5.41) is 2.95. The van der Waals surface area contributed by atoms with E-state index in [2.05, 4.69) is 37.2 Å². The SMILES string of the molecule is CC(C)Cc1ccc(C(=O)Nc2ccc3c(c2)CN(C)CC3)cc1CF.Cl. The number of benzene rings is 2. The molecule has 0 aromatic heterocycles. The highest BCUT2D eigenvalue weighted by Crippen LogP contribution is 2.23. The lowest BCUT2D eigenvalue weighted by molar-refractivity contribution is 0.102. The summed E-state index contributed by atoms with van der Waals surface area (Å²) in [6.07, 6.45) is 1.86. The van der Waals surface area contributed by atoms with Crippen LogP contribution in [0.25, 0.3) is 0 Å². The molecule has 5 heteroatoms. The van der Waals surface area contributed by atoms with Crippen LogP contribution >= 0.6 is 12.4 Å². The first kappa shape index (κ1) is 21.4. The number of rotatable bonds is 5. The number of amides is 1. The van der Waals surface area contributed by atoms with E-state index in [1.54, 1.807) is 12.1 Å². The molecule has 27 heavy (non-hydrogen) atoms. The van der Waals surface area contributed by atoms with Crippen molar-refractivity contribution in [1.29, 1.82) is 0 Å². The van der Waals surface area contributed by atoms with Gasteiger partial charge in [0.15, 0.2) is 0 Å². The Labute approximate surface area is 167 Å². The number of likely N-dealkylation sites (N-methyl/N-ethyl adjacent to an activating group) is 1. The van der Waals surface area contributed by atoms with Gasteiger partial charge in [0.1, 0.15) is 6.67 Å². The first-order valence-electron chi connectivity index (χ1n) is 9.25. The average Bonchev–Trinajstić information content (AvgIpc) is 2.61. The number of nitrogens with one attached hydrogen (secondary N) is 1. The Hall–Kier alpha value is -1.91. The minimum atomic E-state index is -0.547. The van der Waals surface area contributed by atoms with Crippen molar-refractivity contribution >= 4 is 24.0 Å². The summed E-state index contributed by atoms with van der Waals surface area (Å²) in [6.45, 7) is 5.63. The van der Waals surface area contributed by atoms with Gasteiger partial charge >= 0.3 is 0 Å². The molecule has 0 bridgehead atoms. The number of hydrogen-bond acceptors (Lipinski definition) is 2. The van der Waals surface area contributed by atoms with Crippen LogP contribution in [0.4, 0.5) is 10.1 Å². The summed E-state index contributed by atoms with van der Waals surface area (Å²) in [4.78, 5) is 14.9. The number of nitrogens with zero attached hydrogens (tertiary/aromatic N) is 1. The molecule has 0 aliphatic carbocycles. The molecule has 0 fully saturated rings. The normalized spacial score (nSPS) is 13.8. The lowest BCUT2D eigenvalue weighted by atomic mass is 9.96. The highest BCUT2D eigenvalue weighted by Gasteiger charge is 2.15. The predicted molar refractivity (Wildman–Crippen MR) is 111 cm³/mol. The van der Waals surface area contributed by atoms with Crippen LogP contribution in [0, 0.1) is 5.92 Å². The first-order chi connectivity index (χ1) is 12.5. The van der Waals surface area contributed by atoms with Gasteiger partial charge in [-0.05, 0) is 72.3 Å². The molecule has 2 aromatic rings. The second kappa shape index (κ2) is 9.34. The lowest BCUT2D eigenvalue weighted by Gasteiger charge is -2.25. The van der Waals surface area contributed by atoms with Crippen molar-refractivity contribution in [2.75, 3.05) is 18.9 Å². The van der Waals surface area contributed by atoms with Gasteiger partial charge in [-0.15, -0.1) is 12.4 Å². The second-order valence-electron chi connectivity index (χ2n) is 7.64. The topological polar surface area (TPSA) is 32.3 Å².